The second kappa shape index (κ2) is 3.82. The van der Waals surface area contributed by atoms with Gasteiger partial charge in [0.15, 0.2) is 9.84 Å². The quantitative estimate of drug-likeness (QED) is 0.659. The monoisotopic (exact) mass is 233 g/mol. The van der Waals surface area contributed by atoms with E-state index in [1.165, 1.54) is 6.08 Å². The van der Waals surface area contributed by atoms with E-state index in [4.69, 9.17) is 9.47 Å². The molecule has 0 spiro atoms. The molecule has 84 valence electrons. The zero-order valence-electron chi connectivity index (χ0n) is 7.88. The van der Waals surface area contributed by atoms with Gasteiger partial charge in [-0.3, -0.25) is 0 Å². The number of carbonyl (C=O) groups excluding carboxylic acids is 1. The van der Waals surface area contributed by atoms with Crippen LogP contribution < -0.4 is 5.32 Å². The number of alkyl carbamates (subject to hydrolysis) is 1. The molecule has 0 aromatic carbocycles. The standard InChI is InChI=1S/C8H11NO5S/c10-8(14-4-7-3-13-7)9-6-1-2-15(11,12)5-6/h1-2,6-7H,3-5H2,(H,9,10)/t6-,7-/m1/s1. The van der Waals surface area contributed by atoms with E-state index in [2.05, 4.69) is 5.32 Å². The van der Waals surface area contributed by atoms with Crippen molar-refractivity contribution >= 4 is 15.9 Å². The van der Waals surface area contributed by atoms with Crippen LogP contribution in [0.15, 0.2) is 11.5 Å². The van der Waals surface area contributed by atoms with E-state index in [-0.39, 0.29) is 18.5 Å². The van der Waals surface area contributed by atoms with Gasteiger partial charge in [-0.1, -0.05) is 0 Å². The summed E-state index contributed by atoms with van der Waals surface area (Å²) in [4.78, 5) is 11.1. The number of amides is 1. The molecular formula is C8H11NO5S. The second-order valence-electron chi connectivity index (χ2n) is 3.46. The van der Waals surface area contributed by atoms with Gasteiger partial charge in [0, 0.05) is 5.41 Å². The Hall–Kier alpha value is -1.08. The SMILES string of the molecule is O=C(N[C@@H]1C=CS(=O)(=O)C1)OC[C@H]1CO1. The van der Waals surface area contributed by atoms with Gasteiger partial charge in [-0.25, -0.2) is 13.2 Å². The molecule has 1 N–H and O–H groups in total. The Bertz CT molecular complexity index is 384. The Morgan fingerprint density at radius 3 is 2.87 bits per heavy atom. The summed E-state index contributed by atoms with van der Waals surface area (Å²) in [5.74, 6) is -0.0952. The average molecular weight is 233 g/mol. The van der Waals surface area contributed by atoms with Crippen molar-refractivity contribution in [3.8, 4) is 0 Å². The number of carbonyl (C=O) groups is 1. The van der Waals surface area contributed by atoms with E-state index in [1.54, 1.807) is 0 Å². The van der Waals surface area contributed by atoms with E-state index in [1.807, 2.05) is 0 Å². The van der Waals surface area contributed by atoms with Gasteiger partial charge in [0.2, 0.25) is 0 Å². The van der Waals surface area contributed by atoms with E-state index in [0.717, 1.165) is 5.41 Å². The minimum Gasteiger partial charge on any atom is -0.447 e. The molecule has 0 saturated carbocycles. The Morgan fingerprint density at radius 1 is 1.60 bits per heavy atom. The maximum Gasteiger partial charge on any atom is 0.407 e. The first kappa shape index (κ1) is 10.4. The zero-order valence-corrected chi connectivity index (χ0v) is 8.70. The Balaban J connectivity index is 1.72. The Morgan fingerprint density at radius 2 is 2.33 bits per heavy atom. The number of sulfone groups is 1. The molecule has 1 amide bonds. The van der Waals surface area contributed by atoms with Crippen LogP contribution in [0.1, 0.15) is 0 Å². The van der Waals surface area contributed by atoms with Gasteiger partial charge in [0.1, 0.15) is 12.7 Å². The van der Waals surface area contributed by atoms with Gasteiger partial charge < -0.3 is 14.8 Å². The third kappa shape index (κ3) is 3.21. The Kier molecular flexibility index (Phi) is 2.66. The van der Waals surface area contributed by atoms with E-state index < -0.39 is 22.0 Å². The molecule has 0 aromatic heterocycles. The van der Waals surface area contributed by atoms with Gasteiger partial charge in [0.05, 0.1) is 18.4 Å². The molecular weight excluding hydrogens is 222 g/mol. The van der Waals surface area contributed by atoms with Crippen LogP contribution in [-0.2, 0) is 19.3 Å². The van der Waals surface area contributed by atoms with Crippen LogP contribution in [0.25, 0.3) is 0 Å². The van der Waals surface area contributed by atoms with Crippen LogP contribution in [0.3, 0.4) is 0 Å². The number of rotatable bonds is 3. The lowest BCUT2D eigenvalue weighted by Crippen LogP contribution is -2.36. The minimum atomic E-state index is -3.14. The van der Waals surface area contributed by atoms with Crippen LogP contribution in [0.5, 0.6) is 0 Å². The molecule has 6 nitrogen and oxygen atoms in total. The normalized spacial score (nSPS) is 31.2. The molecule has 1 saturated heterocycles. The van der Waals surface area contributed by atoms with Crippen molar-refractivity contribution in [1.29, 1.82) is 0 Å². The molecule has 15 heavy (non-hydrogen) atoms. The summed E-state index contributed by atoms with van der Waals surface area (Å²) in [5, 5.41) is 3.53. The zero-order chi connectivity index (χ0) is 10.9. The van der Waals surface area contributed by atoms with Crippen molar-refractivity contribution in [1.82, 2.24) is 5.32 Å². The van der Waals surface area contributed by atoms with Crippen LogP contribution >= 0.6 is 0 Å². The molecule has 2 heterocycles. The third-order valence-electron chi connectivity index (χ3n) is 2.04. The predicted molar refractivity (Wildman–Crippen MR) is 50.9 cm³/mol. The van der Waals surface area contributed by atoms with Gasteiger partial charge in [-0.2, -0.15) is 0 Å². The largest absolute Gasteiger partial charge is 0.447 e. The van der Waals surface area contributed by atoms with Gasteiger partial charge in [-0.15, -0.1) is 0 Å². The fourth-order valence-corrected chi connectivity index (χ4v) is 2.43. The molecule has 1 fully saturated rings. The molecule has 0 aromatic rings. The second-order valence-corrected chi connectivity index (χ2v) is 5.39. The first-order valence-corrected chi connectivity index (χ1v) is 6.22. The lowest BCUT2D eigenvalue weighted by atomic mass is 10.3. The van der Waals surface area contributed by atoms with Crippen molar-refractivity contribution in [3.63, 3.8) is 0 Å². The molecule has 2 rings (SSSR count). The summed E-state index contributed by atoms with van der Waals surface area (Å²) in [6, 6.07) is -0.484. The summed E-state index contributed by atoms with van der Waals surface area (Å²) in [7, 11) is -3.14. The van der Waals surface area contributed by atoms with Crippen LogP contribution in [0, 0.1) is 0 Å². The summed E-state index contributed by atoms with van der Waals surface area (Å²) >= 11 is 0. The summed E-state index contributed by atoms with van der Waals surface area (Å²) in [6.07, 6.45) is 0.834. The number of nitrogens with one attached hydrogen (secondary N) is 1. The topological polar surface area (TPSA) is 85.0 Å². The van der Waals surface area contributed by atoms with Crippen LogP contribution in [0.4, 0.5) is 4.79 Å². The smallest absolute Gasteiger partial charge is 0.407 e. The molecule has 0 aliphatic carbocycles. The first-order chi connectivity index (χ1) is 7.05. The highest BCUT2D eigenvalue weighted by atomic mass is 32.2. The lowest BCUT2D eigenvalue weighted by Gasteiger charge is -2.09. The number of hydrogen-bond donors (Lipinski definition) is 1. The molecule has 0 unspecified atom stereocenters. The van der Waals surface area contributed by atoms with E-state index in [9.17, 15) is 13.2 Å². The Labute approximate surface area is 87.2 Å². The number of epoxide rings is 1. The fraction of sp³-hybridized carbons (Fsp3) is 0.625. The number of hydrogen-bond acceptors (Lipinski definition) is 5. The third-order valence-corrected chi connectivity index (χ3v) is 3.43. The van der Waals surface area contributed by atoms with Gasteiger partial charge >= 0.3 is 6.09 Å². The van der Waals surface area contributed by atoms with Crippen molar-refractivity contribution < 1.29 is 22.7 Å². The van der Waals surface area contributed by atoms with Crippen molar-refractivity contribution in [2.45, 2.75) is 12.1 Å². The highest BCUT2D eigenvalue weighted by Crippen LogP contribution is 2.10. The van der Waals surface area contributed by atoms with E-state index >= 15 is 0 Å². The van der Waals surface area contributed by atoms with Gasteiger partial charge in [-0.05, 0) is 6.08 Å². The lowest BCUT2D eigenvalue weighted by molar-refractivity contribution is 0.135. The van der Waals surface area contributed by atoms with Crippen molar-refractivity contribution in [2.24, 2.45) is 0 Å². The van der Waals surface area contributed by atoms with Crippen LogP contribution in [0.2, 0.25) is 0 Å². The van der Waals surface area contributed by atoms with Gasteiger partial charge in [0.25, 0.3) is 0 Å². The highest BCUT2D eigenvalue weighted by Gasteiger charge is 2.26. The molecule has 2 aliphatic rings. The van der Waals surface area contributed by atoms with E-state index in [0.29, 0.717) is 6.61 Å². The molecule has 2 aliphatic heterocycles. The first-order valence-electron chi connectivity index (χ1n) is 4.51. The average Bonchev–Trinajstić information content (AvgIpc) is 2.89. The summed E-state index contributed by atoms with van der Waals surface area (Å²) in [6.45, 7) is 0.833. The molecule has 0 radical (unpaired) electrons. The maximum absolute atomic E-state index is 11.1. The highest BCUT2D eigenvalue weighted by molar-refractivity contribution is 7.94. The number of ether oxygens (including phenoxy) is 2. The minimum absolute atomic E-state index is 0.0126. The summed E-state index contributed by atoms with van der Waals surface area (Å²) in [5.41, 5.74) is 0. The molecule has 7 heteroatoms. The molecule has 0 bridgehead atoms. The summed E-state index contributed by atoms with van der Waals surface area (Å²) < 4.78 is 31.6. The fourth-order valence-electron chi connectivity index (χ4n) is 1.19. The van der Waals surface area contributed by atoms with Crippen LogP contribution in [-0.4, -0.2) is 45.6 Å². The predicted octanol–water partition coefficient (Wildman–Crippen LogP) is -0.578. The molecule has 2 atom stereocenters. The van der Waals surface area contributed by atoms with Crippen molar-refractivity contribution in [2.75, 3.05) is 19.0 Å². The maximum atomic E-state index is 11.1. The van der Waals surface area contributed by atoms with Crippen molar-refractivity contribution in [3.05, 3.63) is 11.5 Å².